The molecule has 1 N–H and O–H groups in total. The van der Waals surface area contributed by atoms with Gasteiger partial charge in [0.25, 0.3) is 0 Å². The van der Waals surface area contributed by atoms with Crippen molar-refractivity contribution in [1.82, 2.24) is 4.98 Å². The Hall–Kier alpha value is -2.68. The fourth-order valence-electron chi connectivity index (χ4n) is 2.87. The molecule has 96 valence electrons. The van der Waals surface area contributed by atoms with Crippen LogP contribution in [0.2, 0.25) is 0 Å². The lowest BCUT2D eigenvalue weighted by atomic mass is 9.87. The predicted octanol–water partition coefficient (Wildman–Crippen LogP) is 3.25. The number of rotatable bonds is 0. The molecule has 0 atom stereocenters. The highest BCUT2D eigenvalue weighted by Crippen LogP contribution is 2.32. The van der Waals surface area contributed by atoms with Crippen molar-refractivity contribution < 1.29 is 9.59 Å². The second-order valence-corrected chi connectivity index (χ2v) is 5.13. The third kappa shape index (κ3) is 1.29. The zero-order chi connectivity index (χ0) is 13.9. The molecule has 0 fully saturated rings. The molecule has 1 aromatic heterocycles. The number of aryl methyl sites for hydroxylation is 1. The van der Waals surface area contributed by atoms with E-state index in [-0.39, 0.29) is 11.6 Å². The molecule has 0 unspecified atom stereocenters. The normalized spacial score (nSPS) is 13.4. The van der Waals surface area contributed by atoms with Crippen LogP contribution in [0.5, 0.6) is 0 Å². The van der Waals surface area contributed by atoms with Crippen molar-refractivity contribution in [2.24, 2.45) is 0 Å². The maximum Gasteiger partial charge on any atom is 0.210 e. The van der Waals surface area contributed by atoms with Crippen LogP contribution in [0.4, 0.5) is 0 Å². The van der Waals surface area contributed by atoms with Gasteiger partial charge in [-0.2, -0.15) is 0 Å². The first-order chi connectivity index (χ1) is 9.66. The molecule has 1 heterocycles. The molecule has 0 bridgehead atoms. The minimum absolute atomic E-state index is 0.0784. The SMILES string of the molecule is Cc1ccc2c3c([nH]c2c1)C(=O)c1ccccc1C3=O. The van der Waals surface area contributed by atoms with Gasteiger partial charge in [-0.3, -0.25) is 9.59 Å². The summed E-state index contributed by atoms with van der Waals surface area (Å²) in [4.78, 5) is 28.3. The number of hydrogen-bond donors (Lipinski definition) is 1. The zero-order valence-electron chi connectivity index (χ0n) is 10.9. The number of carbonyl (C=O) groups is 2. The smallest absolute Gasteiger partial charge is 0.210 e. The van der Waals surface area contributed by atoms with Crippen LogP contribution >= 0.6 is 0 Å². The zero-order valence-corrected chi connectivity index (χ0v) is 10.9. The van der Waals surface area contributed by atoms with Crippen molar-refractivity contribution in [3.05, 3.63) is 70.4 Å². The van der Waals surface area contributed by atoms with Gasteiger partial charge in [-0.05, 0) is 18.6 Å². The third-order valence-corrected chi connectivity index (χ3v) is 3.82. The second kappa shape index (κ2) is 3.67. The fraction of sp³-hybridized carbons (Fsp3) is 0.0588. The Morgan fingerprint density at radius 2 is 1.60 bits per heavy atom. The number of carbonyl (C=O) groups excluding carboxylic acids is 2. The number of nitrogens with one attached hydrogen (secondary N) is 1. The first kappa shape index (κ1) is 11.2. The number of benzene rings is 2. The van der Waals surface area contributed by atoms with Gasteiger partial charge >= 0.3 is 0 Å². The van der Waals surface area contributed by atoms with E-state index in [1.807, 2.05) is 25.1 Å². The van der Waals surface area contributed by atoms with E-state index in [2.05, 4.69) is 4.98 Å². The van der Waals surface area contributed by atoms with E-state index in [0.717, 1.165) is 16.5 Å². The average Bonchev–Trinajstić information content (AvgIpc) is 2.83. The van der Waals surface area contributed by atoms with Crippen molar-refractivity contribution in [2.75, 3.05) is 0 Å². The standard InChI is InChI=1S/C17H11NO2/c1-9-6-7-12-13(8-9)18-15-14(12)16(19)10-4-2-3-5-11(10)17(15)20/h2-8,18H,1H3. The number of fused-ring (bicyclic) bond motifs is 4. The number of ketones is 2. The molecule has 3 heteroatoms. The maximum absolute atomic E-state index is 12.6. The van der Waals surface area contributed by atoms with Gasteiger partial charge in [-0.1, -0.05) is 36.4 Å². The Morgan fingerprint density at radius 1 is 0.900 bits per heavy atom. The van der Waals surface area contributed by atoms with E-state index in [0.29, 0.717) is 22.4 Å². The number of hydrogen-bond acceptors (Lipinski definition) is 2. The summed E-state index contributed by atoms with van der Waals surface area (Å²) in [6, 6.07) is 12.8. The van der Waals surface area contributed by atoms with Gasteiger partial charge in [-0.15, -0.1) is 0 Å². The molecule has 3 nitrogen and oxygen atoms in total. The summed E-state index contributed by atoms with van der Waals surface area (Å²) >= 11 is 0. The van der Waals surface area contributed by atoms with E-state index >= 15 is 0 Å². The Bertz CT molecular complexity index is 902. The van der Waals surface area contributed by atoms with Gasteiger partial charge in [0, 0.05) is 22.0 Å². The van der Waals surface area contributed by atoms with Crippen molar-refractivity contribution >= 4 is 22.5 Å². The molecule has 1 aliphatic carbocycles. The Labute approximate surface area is 115 Å². The van der Waals surface area contributed by atoms with Crippen LogP contribution in [0.1, 0.15) is 37.5 Å². The van der Waals surface area contributed by atoms with E-state index in [4.69, 9.17) is 0 Å². The lowest BCUT2D eigenvalue weighted by Gasteiger charge is -2.13. The first-order valence-electron chi connectivity index (χ1n) is 6.47. The second-order valence-electron chi connectivity index (χ2n) is 5.13. The third-order valence-electron chi connectivity index (χ3n) is 3.82. The summed E-state index contributed by atoms with van der Waals surface area (Å²) in [6.45, 7) is 1.98. The maximum atomic E-state index is 12.6. The molecule has 0 spiro atoms. The summed E-state index contributed by atoms with van der Waals surface area (Å²) in [5, 5.41) is 0.818. The Morgan fingerprint density at radius 3 is 2.35 bits per heavy atom. The van der Waals surface area contributed by atoms with Gasteiger partial charge in [0.15, 0.2) is 5.78 Å². The van der Waals surface area contributed by atoms with Crippen LogP contribution in [0.3, 0.4) is 0 Å². The number of H-pyrrole nitrogens is 1. The van der Waals surface area contributed by atoms with Crippen LogP contribution in [0, 0.1) is 6.92 Å². The minimum Gasteiger partial charge on any atom is -0.351 e. The van der Waals surface area contributed by atoms with Gasteiger partial charge in [-0.25, -0.2) is 0 Å². The molecular formula is C17H11NO2. The Kier molecular flexibility index (Phi) is 2.05. The van der Waals surface area contributed by atoms with Crippen molar-refractivity contribution in [1.29, 1.82) is 0 Å². The fourth-order valence-corrected chi connectivity index (χ4v) is 2.87. The van der Waals surface area contributed by atoms with E-state index in [1.54, 1.807) is 24.3 Å². The average molecular weight is 261 g/mol. The first-order valence-corrected chi connectivity index (χ1v) is 6.47. The minimum atomic E-state index is -0.107. The topological polar surface area (TPSA) is 49.9 Å². The predicted molar refractivity (Wildman–Crippen MR) is 76.3 cm³/mol. The largest absolute Gasteiger partial charge is 0.351 e. The lowest BCUT2D eigenvalue weighted by molar-refractivity contribution is 0.0978. The summed E-state index contributed by atoms with van der Waals surface area (Å²) in [5.74, 6) is -0.186. The number of aromatic nitrogens is 1. The van der Waals surface area contributed by atoms with Crippen LogP contribution in [0.15, 0.2) is 42.5 Å². The van der Waals surface area contributed by atoms with E-state index in [9.17, 15) is 9.59 Å². The number of aromatic amines is 1. The summed E-state index contributed by atoms with van der Waals surface area (Å²) < 4.78 is 0. The van der Waals surface area contributed by atoms with Gasteiger partial charge < -0.3 is 4.98 Å². The van der Waals surface area contributed by atoms with Crippen LogP contribution in [0.25, 0.3) is 10.9 Å². The van der Waals surface area contributed by atoms with E-state index < -0.39 is 0 Å². The molecule has 4 rings (SSSR count). The van der Waals surface area contributed by atoms with Crippen LogP contribution in [-0.4, -0.2) is 16.6 Å². The molecule has 0 saturated heterocycles. The monoisotopic (exact) mass is 261 g/mol. The Balaban J connectivity index is 2.11. The summed E-state index contributed by atoms with van der Waals surface area (Å²) in [5.41, 5.74) is 3.82. The van der Waals surface area contributed by atoms with Crippen LogP contribution in [-0.2, 0) is 0 Å². The highest BCUT2D eigenvalue weighted by molar-refractivity contribution is 6.32. The molecule has 3 aromatic rings. The molecule has 0 amide bonds. The quantitative estimate of drug-likeness (QED) is 0.528. The highest BCUT2D eigenvalue weighted by Gasteiger charge is 2.32. The molecular weight excluding hydrogens is 250 g/mol. The molecule has 0 saturated carbocycles. The molecule has 1 aliphatic rings. The van der Waals surface area contributed by atoms with Crippen LogP contribution < -0.4 is 0 Å². The summed E-state index contributed by atoms with van der Waals surface area (Å²) in [7, 11) is 0. The van der Waals surface area contributed by atoms with E-state index in [1.165, 1.54) is 0 Å². The van der Waals surface area contributed by atoms with Crippen molar-refractivity contribution in [3.8, 4) is 0 Å². The van der Waals surface area contributed by atoms with Gasteiger partial charge in [0.2, 0.25) is 5.78 Å². The van der Waals surface area contributed by atoms with Gasteiger partial charge in [0.05, 0.1) is 11.3 Å². The molecule has 2 aromatic carbocycles. The molecule has 0 radical (unpaired) electrons. The molecule has 20 heavy (non-hydrogen) atoms. The molecule has 0 aliphatic heterocycles. The highest BCUT2D eigenvalue weighted by atomic mass is 16.1. The lowest BCUT2D eigenvalue weighted by Crippen LogP contribution is -2.19. The van der Waals surface area contributed by atoms with Crippen molar-refractivity contribution in [2.45, 2.75) is 6.92 Å². The van der Waals surface area contributed by atoms with Crippen molar-refractivity contribution in [3.63, 3.8) is 0 Å². The summed E-state index contributed by atoms with van der Waals surface area (Å²) in [6.07, 6.45) is 0. The van der Waals surface area contributed by atoms with Gasteiger partial charge in [0.1, 0.15) is 0 Å².